The Kier molecular flexibility index (Phi) is 2.32. The molecule has 80 valence electrons. The number of nitro groups is 1. The first kappa shape index (κ1) is 9.92. The van der Waals surface area contributed by atoms with Crippen molar-refractivity contribution in [3.63, 3.8) is 0 Å². The minimum absolute atomic E-state index is 0.193. The molecule has 1 aliphatic rings. The van der Waals surface area contributed by atoms with Crippen LogP contribution in [-0.2, 0) is 6.42 Å². The average Bonchev–Trinajstić information content (AvgIpc) is 2.60. The van der Waals surface area contributed by atoms with Crippen molar-refractivity contribution >= 4 is 11.4 Å². The third-order valence-electron chi connectivity index (χ3n) is 2.63. The van der Waals surface area contributed by atoms with E-state index in [-0.39, 0.29) is 10.6 Å². The summed E-state index contributed by atoms with van der Waals surface area (Å²) in [5.41, 5.74) is 1.99. The Balaban J connectivity index is 2.53. The highest BCUT2D eigenvalue weighted by Gasteiger charge is 2.28. The normalized spacial score (nSPS) is 14.5. The number of hydrazine groups is 1. The van der Waals surface area contributed by atoms with Gasteiger partial charge in [-0.1, -0.05) is 12.1 Å². The van der Waals surface area contributed by atoms with Crippen molar-refractivity contribution in [2.45, 2.75) is 6.42 Å². The van der Waals surface area contributed by atoms with Crippen LogP contribution in [-0.4, -0.2) is 30.6 Å². The molecule has 0 aliphatic carbocycles. The van der Waals surface area contributed by atoms with Gasteiger partial charge in [-0.2, -0.15) is 0 Å². The van der Waals surface area contributed by atoms with Crippen molar-refractivity contribution < 1.29 is 4.92 Å². The molecule has 0 saturated carbocycles. The molecule has 0 amide bonds. The average molecular weight is 207 g/mol. The summed E-state index contributed by atoms with van der Waals surface area (Å²) >= 11 is 0. The maximum Gasteiger partial charge on any atom is 0.294 e. The van der Waals surface area contributed by atoms with E-state index in [1.807, 2.05) is 30.2 Å². The zero-order chi connectivity index (χ0) is 11.0. The molecule has 2 rings (SSSR count). The van der Waals surface area contributed by atoms with Gasteiger partial charge < -0.3 is 0 Å². The van der Waals surface area contributed by atoms with E-state index in [0.717, 1.165) is 24.2 Å². The van der Waals surface area contributed by atoms with Gasteiger partial charge in [0.05, 0.1) is 4.92 Å². The predicted molar refractivity (Wildman–Crippen MR) is 57.8 cm³/mol. The molecule has 1 aromatic rings. The van der Waals surface area contributed by atoms with Crippen LogP contribution in [0, 0.1) is 10.1 Å². The second-order valence-corrected chi connectivity index (χ2v) is 3.76. The topological polar surface area (TPSA) is 49.6 Å². The lowest BCUT2D eigenvalue weighted by Gasteiger charge is -2.26. The Morgan fingerprint density at radius 2 is 2.20 bits per heavy atom. The van der Waals surface area contributed by atoms with Crippen LogP contribution in [0.5, 0.6) is 0 Å². The van der Waals surface area contributed by atoms with Crippen molar-refractivity contribution in [3.05, 3.63) is 33.9 Å². The number of nitro benzene ring substituents is 1. The first-order valence-electron chi connectivity index (χ1n) is 4.82. The molecule has 0 fully saturated rings. The number of anilines is 1. The molecule has 15 heavy (non-hydrogen) atoms. The van der Waals surface area contributed by atoms with Gasteiger partial charge in [-0.15, -0.1) is 0 Å². The quantitative estimate of drug-likeness (QED) is 0.543. The Labute approximate surface area is 88.0 Å². The molecule has 0 N–H and O–H groups in total. The van der Waals surface area contributed by atoms with Gasteiger partial charge in [-0.25, -0.2) is 5.01 Å². The molecular formula is C10H13N3O2. The van der Waals surface area contributed by atoms with E-state index in [9.17, 15) is 10.1 Å². The summed E-state index contributed by atoms with van der Waals surface area (Å²) in [6, 6.07) is 5.25. The lowest BCUT2D eigenvalue weighted by Crippen LogP contribution is -2.35. The Morgan fingerprint density at radius 1 is 1.47 bits per heavy atom. The number of hydrogen-bond acceptors (Lipinski definition) is 4. The first-order chi connectivity index (χ1) is 7.11. The minimum Gasteiger partial charge on any atom is -0.299 e. The Morgan fingerprint density at radius 3 is 2.80 bits per heavy atom. The van der Waals surface area contributed by atoms with Gasteiger partial charge in [0.15, 0.2) is 0 Å². The van der Waals surface area contributed by atoms with Crippen molar-refractivity contribution in [3.8, 4) is 0 Å². The van der Waals surface area contributed by atoms with Gasteiger partial charge >= 0.3 is 0 Å². The molecule has 5 nitrogen and oxygen atoms in total. The number of hydrogen-bond donors (Lipinski definition) is 0. The van der Waals surface area contributed by atoms with Gasteiger partial charge in [0.1, 0.15) is 5.69 Å². The summed E-state index contributed by atoms with van der Waals surface area (Å²) in [7, 11) is 3.79. The number of para-hydroxylation sites is 1. The molecule has 0 saturated heterocycles. The highest BCUT2D eigenvalue weighted by Crippen LogP contribution is 2.36. The minimum atomic E-state index is -0.319. The van der Waals surface area contributed by atoms with Crippen LogP contribution in [0.3, 0.4) is 0 Å². The van der Waals surface area contributed by atoms with Gasteiger partial charge in [0.25, 0.3) is 5.69 Å². The molecule has 0 atom stereocenters. The molecule has 1 aromatic carbocycles. The van der Waals surface area contributed by atoms with Crippen LogP contribution in [0.2, 0.25) is 0 Å². The monoisotopic (exact) mass is 207 g/mol. The highest BCUT2D eigenvalue weighted by atomic mass is 16.6. The molecule has 5 heteroatoms. The summed E-state index contributed by atoms with van der Waals surface area (Å²) in [6.45, 7) is 0.813. The van der Waals surface area contributed by atoms with Crippen molar-refractivity contribution in [1.29, 1.82) is 0 Å². The zero-order valence-corrected chi connectivity index (χ0v) is 8.80. The number of nitrogens with zero attached hydrogens (tertiary/aromatic N) is 3. The summed E-state index contributed by atoms with van der Waals surface area (Å²) in [6.07, 6.45) is 0.870. The van der Waals surface area contributed by atoms with Crippen LogP contribution in [0.4, 0.5) is 11.4 Å². The summed E-state index contributed by atoms with van der Waals surface area (Å²) in [4.78, 5) is 10.6. The van der Waals surface area contributed by atoms with Crippen LogP contribution >= 0.6 is 0 Å². The van der Waals surface area contributed by atoms with Crippen LogP contribution in [0.15, 0.2) is 18.2 Å². The number of fused-ring (bicyclic) bond motifs is 1. The van der Waals surface area contributed by atoms with E-state index < -0.39 is 0 Å². The maximum absolute atomic E-state index is 10.9. The smallest absolute Gasteiger partial charge is 0.294 e. The maximum atomic E-state index is 10.9. The number of benzene rings is 1. The largest absolute Gasteiger partial charge is 0.299 e. The molecule has 0 spiro atoms. The van der Waals surface area contributed by atoms with E-state index in [0.29, 0.717) is 0 Å². The summed E-state index contributed by atoms with van der Waals surface area (Å²) < 4.78 is 0. The molecule has 0 unspecified atom stereocenters. The third-order valence-corrected chi connectivity index (χ3v) is 2.63. The zero-order valence-electron chi connectivity index (χ0n) is 8.80. The van der Waals surface area contributed by atoms with Crippen molar-refractivity contribution in [1.82, 2.24) is 5.01 Å². The molecular weight excluding hydrogens is 194 g/mol. The Bertz CT molecular complexity index is 404. The lowest BCUT2D eigenvalue weighted by atomic mass is 10.1. The summed E-state index contributed by atoms with van der Waals surface area (Å²) in [5.74, 6) is 0. The second-order valence-electron chi connectivity index (χ2n) is 3.76. The van der Waals surface area contributed by atoms with Crippen molar-refractivity contribution in [2.24, 2.45) is 0 Å². The van der Waals surface area contributed by atoms with E-state index >= 15 is 0 Å². The van der Waals surface area contributed by atoms with Crippen LogP contribution in [0.25, 0.3) is 0 Å². The van der Waals surface area contributed by atoms with E-state index in [1.165, 1.54) is 0 Å². The second kappa shape index (κ2) is 3.51. The SMILES string of the molecule is CN(C)N1CCc2cccc([N+](=O)[O-])c21. The molecule has 1 heterocycles. The van der Waals surface area contributed by atoms with Crippen LogP contribution < -0.4 is 5.01 Å². The molecule has 0 bridgehead atoms. The first-order valence-corrected chi connectivity index (χ1v) is 4.82. The number of rotatable bonds is 2. The fourth-order valence-corrected chi connectivity index (χ4v) is 1.96. The fraction of sp³-hybridized carbons (Fsp3) is 0.400. The third kappa shape index (κ3) is 1.55. The van der Waals surface area contributed by atoms with E-state index in [2.05, 4.69) is 0 Å². The fourth-order valence-electron chi connectivity index (χ4n) is 1.96. The Hall–Kier alpha value is -1.62. The predicted octanol–water partition coefficient (Wildman–Crippen LogP) is 1.43. The van der Waals surface area contributed by atoms with Gasteiger partial charge in [-0.3, -0.25) is 15.1 Å². The van der Waals surface area contributed by atoms with Gasteiger partial charge in [0.2, 0.25) is 0 Å². The molecule has 0 radical (unpaired) electrons. The lowest BCUT2D eigenvalue weighted by molar-refractivity contribution is -0.384. The van der Waals surface area contributed by atoms with Gasteiger partial charge in [-0.05, 0) is 12.0 Å². The van der Waals surface area contributed by atoms with E-state index in [4.69, 9.17) is 0 Å². The summed E-state index contributed by atoms with van der Waals surface area (Å²) in [5, 5.41) is 14.7. The standard InChI is InChI=1S/C10H13N3O2/c1-11(2)12-7-6-8-4-3-5-9(10(8)12)13(14)15/h3-5H,6-7H2,1-2H3. The van der Waals surface area contributed by atoms with Crippen molar-refractivity contribution in [2.75, 3.05) is 25.6 Å². The van der Waals surface area contributed by atoms with Gasteiger partial charge in [0, 0.05) is 26.7 Å². The molecule has 1 aliphatic heterocycles. The van der Waals surface area contributed by atoms with E-state index in [1.54, 1.807) is 12.1 Å². The highest BCUT2D eigenvalue weighted by molar-refractivity contribution is 5.70. The molecule has 0 aromatic heterocycles. The van der Waals surface area contributed by atoms with Crippen LogP contribution in [0.1, 0.15) is 5.56 Å².